The smallest absolute Gasteiger partial charge is 0.319 e. The van der Waals surface area contributed by atoms with Gasteiger partial charge in [-0.1, -0.05) is 11.6 Å². The molecule has 1 atom stereocenters. The average molecular weight is 311 g/mol. The molecule has 2 amide bonds. The minimum absolute atomic E-state index is 0.0812. The van der Waals surface area contributed by atoms with Crippen molar-refractivity contribution in [3.8, 4) is 11.5 Å². The van der Waals surface area contributed by atoms with Crippen LogP contribution in [0.25, 0.3) is 0 Å². The molecule has 0 radical (unpaired) electrons. The van der Waals surface area contributed by atoms with E-state index in [0.717, 1.165) is 0 Å². The molecule has 2 rings (SSSR count). The van der Waals surface area contributed by atoms with Gasteiger partial charge in [0.25, 0.3) is 0 Å². The van der Waals surface area contributed by atoms with E-state index in [0.29, 0.717) is 16.8 Å². The molecule has 112 valence electrons. The van der Waals surface area contributed by atoms with E-state index in [4.69, 9.17) is 16.3 Å². The lowest BCUT2D eigenvalue weighted by molar-refractivity contribution is -0.114. The summed E-state index contributed by atoms with van der Waals surface area (Å²) < 4.78 is 5.04. The topological polar surface area (TPSA) is 87.7 Å². The molecule has 1 aliphatic rings. The molecule has 6 nitrogen and oxygen atoms in total. The number of amides is 2. The van der Waals surface area contributed by atoms with Gasteiger partial charge < -0.3 is 20.5 Å². The molecule has 0 aromatic heterocycles. The quantitative estimate of drug-likeness (QED) is 0.799. The number of ether oxygens (including phenoxy) is 1. The van der Waals surface area contributed by atoms with Crippen LogP contribution in [0.2, 0.25) is 5.02 Å². The first-order chi connectivity index (χ1) is 9.85. The van der Waals surface area contributed by atoms with Crippen molar-refractivity contribution < 1.29 is 19.4 Å². The SMILES string of the molecule is COc1cc([C@H]2NC(=O)NC(C)=C2C(C)=O)cc(Cl)c1O. The van der Waals surface area contributed by atoms with Crippen LogP contribution in [0.3, 0.4) is 0 Å². The van der Waals surface area contributed by atoms with E-state index in [9.17, 15) is 14.7 Å². The Bertz CT molecular complexity index is 655. The van der Waals surface area contributed by atoms with E-state index < -0.39 is 12.1 Å². The van der Waals surface area contributed by atoms with Crippen molar-refractivity contribution in [1.29, 1.82) is 0 Å². The van der Waals surface area contributed by atoms with Crippen LogP contribution >= 0.6 is 11.6 Å². The molecule has 0 bridgehead atoms. The van der Waals surface area contributed by atoms with Gasteiger partial charge in [0.05, 0.1) is 18.2 Å². The maximum Gasteiger partial charge on any atom is 0.319 e. The van der Waals surface area contributed by atoms with E-state index in [-0.39, 0.29) is 22.3 Å². The fourth-order valence-corrected chi connectivity index (χ4v) is 2.55. The molecule has 0 saturated carbocycles. The minimum Gasteiger partial charge on any atom is -0.503 e. The van der Waals surface area contributed by atoms with E-state index in [1.165, 1.54) is 26.2 Å². The Hall–Kier alpha value is -2.21. The summed E-state index contributed by atoms with van der Waals surface area (Å²) in [6, 6.07) is 1.97. The summed E-state index contributed by atoms with van der Waals surface area (Å²) in [7, 11) is 1.39. The Morgan fingerprint density at radius 3 is 2.67 bits per heavy atom. The maximum atomic E-state index is 11.8. The van der Waals surface area contributed by atoms with Crippen LogP contribution in [0, 0.1) is 0 Å². The van der Waals surface area contributed by atoms with Gasteiger partial charge in [-0.2, -0.15) is 0 Å². The highest BCUT2D eigenvalue weighted by atomic mass is 35.5. The number of phenolic OH excluding ortho intramolecular Hbond substituents is 1. The minimum atomic E-state index is -0.650. The van der Waals surface area contributed by atoms with Gasteiger partial charge in [0.2, 0.25) is 0 Å². The normalized spacial score (nSPS) is 18.1. The molecule has 1 aromatic carbocycles. The second-order valence-electron chi connectivity index (χ2n) is 4.68. The molecule has 0 aliphatic carbocycles. The van der Waals surface area contributed by atoms with Gasteiger partial charge in [-0.3, -0.25) is 4.79 Å². The van der Waals surface area contributed by atoms with E-state index in [2.05, 4.69) is 10.6 Å². The number of allylic oxidation sites excluding steroid dienone is 1. The van der Waals surface area contributed by atoms with Crippen molar-refractivity contribution in [3.63, 3.8) is 0 Å². The second-order valence-corrected chi connectivity index (χ2v) is 5.09. The molecule has 0 fully saturated rings. The van der Waals surface area contributed by atoms with Crippen molar-refractivity contribution in [2.45, 2.75) is 19.9 Å². The van der Waals surface area contributed by atoms with Gasteiger partial charge >= 0.3 is 6.03 Å². The van der Waals surface area contributed by atoms with Crippen LogP contribution in [0.4, 0.5) is 4.79 Å². The largest absolute Gasteiger partial charge is 0.503 e. The molecular weight excluding hydrogens is 296 g/mol. The molecule has 0 spiro atoms. The number of benzene rings is 1. The predicted molar refractivity (Wildman–Crippen MR) is 77.5 cm³/mol. The van der Waals surface area contributed by atoms with Gasteiger partial charge in [0.15, 0.2) is 17.3 Å². The number of hydrogen-bond donors (Lipinski definition) is 3. The predicted octanol–water partition coefficient (Wildman–Crippen LogP) is 2.27. The summed E-state index contributed by atoms with van der Waals surface area (Å²) in [6.07, 6.45) is 0. The second kappa shape index (κ2) is 5.65. The molecule has 0 saturated heterocycles. The average Bonchev–Trinajstić information content (AvgIpc) is 2.40. The third kappa shape index (κ3) is 2.80. The van der Waals surface area contributed by atoms with Crippen molar-refractivity contribution in [2.75, 3.05) is 7.11 Å². The molecule has 1 heterocycles. The summed E-state index contributed by atoms with van der Waals surface area (Å²) in [5.41, 5.74) is 1.46. The Morgan fingerprint density at radius 2 is 2.10 bits per heavy atom. The molecule has 3 N–H and O–H groups in total. The fraction of sp³-hybridized carbons (Fsp3) is 0.286. The van der Waals surface area contributed by atoms with Crippen molar-refractivity contribution in [1.82, 2.24) is 10.6 Å². The van der Waals surface area contributed by atoms with Crippen molar-refractivity contribution in [2.24, 2.45) is 0 Å². The molecule has 1 aromatic rings. The zero-order valence-electron chi connectivity index (χ0n) is 11.8. The third-order valence-electron chi connectivity index (χ3n) is 3.25. The van der Waals surface area contributed by atoms with Gasteiger partial charge in [0, 0.05) is 11.3 Å². The zero-order chi connectivity index (χ0) is 15.7. The lowest BCUT2D eigenvalue weighted by atomic mass is 9.93. The first kappa shape index (κ1) is 15.2. The molecule has 7 heteroatoms. The van der Waals surface area contributed by atoms with E-state index >= 15 is 0 Å². The number of rotatable bonds is 3. The highest BCUT2D eigenvalue weighted by molar-refractivity contribution is 6.32. The summed E-state index contributed by atoms with van der Waals surface area (Å²) in [6.45, 7) is 3.08. The number of aromatic hydroxyl groups is 1. The maximum absolute atomic E-state index is 11.8. The van der Waals surface area contributed by atoms with Crippen molar-refractivity contribution in [3.05, 3.63) is 34.0 Å². The number of hydrogen-bond acceptors (Lipinski definition) is 4. The van der Waals surface area contributed by atoms with Crippen molar-refractivity contribution >= 4 is 23.4 Å². The monoisotopic (exact) mass is 310 g/mol. The van der Waals surface area contributed by atoms with Crippen LogP contribution in [-0.4, -0.2) is 24.0 Å². The highest BCUT2D eigenvalue weighted by Gasteiger charge is 2.30. The Kier molecular flexibility index (Phi) is 4.09. The van der Waals surface area contributed by atoms with E-state index in [1.807, 2.05) is 0 Å². The van der Waals surface area contributed by atoms with Gasteiger partial charge in [-0.05, 0) is 31.5 Å². The fourth-order valence-electron chi connectivity index (χ4n) is 2.33. The van der Waals surface area contributed by atoms with E-state index in [1.54, 1.807) is 6.92 Å². The Balaban J connectivity index is 2.58. The number of halogens is 1. The number of methoxy groups -OCH3 is 1. The zero-order valence-corrected chi connectivity index (χ0v) is 12.5. The first-order valence-corrected chi connectivity index (χ1v) is 6.58. The number of phenols is 1. The number of ketones is 1. The number of nitrogens with one attached hydrogen (secondary N) is 2. The van der Waals surface area contributed by atoms with Gasteiger partial charge in [0.1, 0.15) is 0 Å². The van der Waals surface area contributed by atoms with Crippen LogP contribution in [0.5, 0.6) is 11.5 Å². The number of carbonyl (C=O) groups excluding carboxylic acids is 2. The third-order valence-corrected chi connectivity index (χ3v) is 3.54. The van der Waals surface area contributed by atoms with Crippen LogP contribution < -0.4 is 15.4 Å². The molecular formula is C14H15ClN2O4. The standard InChI is InChI=1S/C14H15ClN2O4/c1-6-11(7(2)18)12(17-14(20)16-6)8-4-9(15)13(19)10(5-8)21-3/h4-5,12,19H,1-3H3,(H2,16,17,20)/t12-/m1/s1. The summed E-state index contributed by atoms with van der Waals surface area (Å²) >= 11 is 5.96. The number of urea groups is 1. The summed E-state index contributed by atoms with van der Waals surface area (Å²) in [5, 5.41) is 15.1. The number of Topliss-reactive ketones (excluding diaryl/α,β-unsaturated/α-hetero) is 1. The number of carbonyl (C=O) groups is 2. The van der Waals surface area contributed by atoms with Crippen LogP contribution in [0.1, 0.15) is 25.5 Å². The molecule has 21 heavy (non-hydrogen) atoms. The lowest BCUT2D eigenvalue weighted by Gasteiger charge is -2.28. The Labute approximate surface area is 126 Å². The molecule has 0 unspecified atom stereocenters. The van der Waals surface area contributed by atoms with Crippen LogP contribution in [-0.2, 0) is 4.79 Å². The summed E-state index contributed by atoms with van der Waals surface area (Å²) in [4.78, 5) is 23.5. The molecule has 1 aliphatic heterocycles. The lowest BCUT2D eigenvalue weighted by Crippen LogP contribution is -2.44. The van der Waals surface area contributed by atoms with Gasteiger partial charge in [-0.15, -0.1) is 0 Å². The van der Waals surface area contributed by atoms with Gasteiger partial charge in [-0.25, -0.2) is 4.79 Å². The highest BCUT2D eigenvalue weighted by Crippen LogP contribution is 2.38. The Morgan fingerprint density at radius 1 is 1.43 bits per heavy atom. The first-order valence-electron chi connectivity index (χ1n) is 6.20. The summed E-state index contributed by atoms with van der Waals surface area (Å²) in [5.74, 6) is -0.188. The van der Waals surface area contributed by atoms with Crippen LogP contribution in [0.15, 0.2) is 23.4 Å².